The number of hydrogen-bond acceptors (Lipinski definition) is 5. The molecule has 0 aromatic heterocycles. The first kappa shape index (κ1) is 16.9. The molecule has 130 valence electrons. The molecule has 2 aromatic rings. The molecule has 0 aliphatic heterocycles. The van der Waals surface area contributed by atoms with E-state index in [1.807, 2.05) is 6.92 Å². The zero-order valence-corrected chi connectivity index (χ0v) is 13.9. The van der Waals surface area contributed by atoms with E-state index in [0.29, 0.717) is 12.0 Å². The third kappa shape index (κ3) is 2.93. The highest BCUT2D eigenvalue weighted by Gasteiger charge is 2.37. The van der Waals surface area contributed by atoms with Crippen LogP contribution in [0.25, 0.3) is 0 Å². The van der Waals surface area contributed by atoms with Crippen molar-refractivity contribution in [2.24, 2.45) is 5.92 Å². The van der Waals surface area contributed by atoms with Crippen molar-refractivity contribution >= 4 is 5.78 Å². The Bertz CT molecular complexity index is 869. The Hall–Kier alpha value is -2.95. The van der Waals surface area contributed by atoms with Crippen molar-refractivity contribution in [1.82, 2.24) is 0 Å². The zero-order valence-electron chi connectivity index (χ0n) is 13.9. The number of fused-ring (bicyclic) bond motifs is 1. The first-order valence-corrected chi connectivity index (χ1v) is 8.04. The third-order valence-corrected chi connectivity index (χ3v) is 4.93. The van der Waals surface area contributed by atoms with Gasteiger partial charge in [-0.2, -0.15) is 0 Å². The second-order valence-corrected chi connectivity index (χ2v) is 6.59. The molecule has 0 saturated carbocycles. The van der Waals surface area contributed by atoms with Gasteiger partial charge >= 0.3 is 0 Å². The molecule has 2 atom stereocenters. The summed E-state index contributed by atoms with van der Waals surface area (Å²) >= 11 is 0. The summed E-state index contributed by atoms with van der Waals surface area (Å²) in [5, 5.41) is 39.1. The van der Waals surface area contributed by atoms with Gasteiger partial charge in [0.2, 0.25) is 0 Å². The van der Waals surface area contributed by atoms with Crippen LogP contribution in [-0.2, 0) is 6.42 Å². The number of allylic oxidation sites excluding steroid dienone is 1. The number of Topliss-reactive ketones (excluding diaryl/α,β-unsaturated/α-hetero) is 1. The summed E-state index contributed by atoms with van der Waals surface area (Å²) in [5.41, 5.74) is 2.49. The van der Waals surface area contributed by atoms with Gasteiger partial charge in [0, 0.05) is 18.1 Å². The van der Waals surface area contributed by atoms with Crippen molar-refractivity contribution in [1.29, 1.82) is 0 Å². The summed E-state index contributed by atoms with van der Waals surface area (Å²) in [6.45, 7) is 5.87. The Labute approximate surface area is 145 Å². The SMILES string of the molecule is C=C(C)C1Cc2c(ccc(O)c2O)C1CC(=O)c1ccc(O)cc1O. The molecule has 1 aliphatic rings. The van der Waals surface area contributed by atoms with Crippen LogP contribution < -0.4 is 0 Å². The summed E-state index contributed by atoms with van der Waals surface area (Å²) in [6, 6.07) is 7.03. The van der Waals surface area contributed by atoms with E-state index in [2.05, 4.69) is 6.58 Å². The molecule has 0 amide bonds. The molecule has 0 spiro atoms. The summed E-state index contributed by atoms with van der Waals surface area (Å²) < 4.78 is 0. The monoisotopic (exact) mass is 340 g/mol. The van der Waals surface area contributed by atoms with Crippen molar-refractivity contribution in [2.45, 2.75) is 25.7 Å². The zero-order chi connectivity index (χ0) is 18.3. The van der Waals surface area contributed by atoms with Gasteiger partial charge in [-0.3, -0.25) is 4.79 Å². The standard InChI is InChI=1S/C20H20O5/c1-10(2)14-8-16-12(5-6-17(22)20(16)25)15(14)9-19(24)13-4-3-11(21)7-18(13)23/h3-7,14-15,21-23,25H,1,8-9H2,2H3. The largest absolute Gasteiger partial charge is 0.508 e. The summed E-state index contributed by atoms with van der Waals surface area (Å²) in [4.78, 5) is 12.7. The number of phenolic OH excluding ortho intramolecular Hbond substituents is 4. The van der Waals surface area contributed by atoms with Crippen LogP contribution in [0.1, 0.15) is 40.7 Å². The second kappa shape index (κ2) is 6.16. The Morgan fingerprint density at radius 3 is 2.48 bits per heavy atom. The third-order valence-electron chi connectivity index (χ3n) is 4.93. The Balaban J connectivity index is 1.96. The van der Waals surface area contributed by atoms with Crippen LogP contribution in [0.2, 0.25) is 0 Å². The number of rotatable bonds is 4. The molecule has 25 heavy (non-hydrogen) atoms. The number of phenols is 4. The van der Waals surface area contributed by atoms with Gasteiger partial charge in [-0.1, -0.05) is 18.2 Å². The van der Waals surface area contributed by atoms with E-state index in [1.165, 1.54) is 18.2 Å². The predicted molar refractivity (Wildman–Crippen MR) is 93.2 cm³/mol. The molecular weight excluding hydrogens is 320 g/mol. The molecule has 0 heterocycles. The minimum absolute atomic E-state index is 0.0362. The molecule has 5 nitrogen and oxygen atoms in total. The van der Waals surface area contributed by atoms with Crippen LogP contribution in [0.5, 0.6) is 23.0 Å². The first-order valence-electron chi connectivity index (χ1n) is 8.04. The summed E-state index contributed by atoms with van der Waals surface area (Å²) in [5.74, 6) is -1.18. The van der Waals surface area contributed by atoms with E-state index in [1.54, 1.807) is 6.07 Å². The molecule has 1 aliphatic carbocycles. The molecule has 5 heteroatoms. The number of ketones is 1. The number of hydrogen-bond donors (Lipinski definition) is 4. The molecule has 4 N–H and O–H groups in total. The van der Waals surface area contributed by atoms with E-state index in [-0.39, 0.29) is 52.6 Å². The molecule has 2 aromatic carbocycles. The highest BCUT2D eigenvalue weighted by Crippen LogP contribution is 2.49. The Morgan fingerprint density at radius 2 is 1.84 bits per heavy atom. The topological polar surface area (TPSA) is 98.0 Å². The van der Waals surface area contributed by atoms with Gasteiger partial charge in [-0.25, -0.2) is 0 Å². The fourth-order valence-corrected chi connectivity index (χ4v) is 3.62. The molecule has 0 saturated heterocycles. The molecule has 0 bridgehead atoms. The van der Waals surface area contributed by atoms with Gasteiger partial charge in [0.15, 0.2) is 17.3 Å². The molecular formula is C20H20O5. The number of carbonyl (C=O) groups is 1. The maximum Gasteiger partial charge on any atom is 0.167 e. The number of benzene rings is 2. The lowest BCUT2D eigenvalue weighted by Crippen LogP contribution is -2.14. The molecule has 0 fully saturated rings. The minimum atomic E-state index is -0.261. The Morgan fingerprint density at radius 1 is 1.12 bits per heavy atom. The first-order chi connectivity index (χ1) is 11.8. The van der Waals surface area contributed by atoms with E-state index >= 15 is 0 Å². The predicted octanol–water partition coefficient (Wildman–Crippen LogP) is 3.61. The van der Waals surface area contributed by atoms with Crippen molar-refractivity contribution < 1.29 is 25.2 Å². The second-order valence-electron chi connectivity index (χ2n) is 6.59. The lowest BCUT2D eigenvalue weighted by atomic mass is 9.83. The molecule has 3 rings (SSSR count). The number of aromatic hydroxyl groups is 4. The highest BCUT2D eigenvalue weighted by atomic mass is 16.3. The smallest absolute Gasteiger partial charge is 0.167 e. The fourth-order valence-electron chi connectivity index (χ4n) is 3.62. The average molecular weight is 340 g/mol. The van der Waals surface area contributed by atoms with Gasteiger partial charge in [0.25, 0.3) is 0 Å². The quantitative estimate of drug-likeness (QED) is 0.387. The van der Waals surface area contributed by atoms with Gasteiger partial charge in [0.1, 0.15) is 11.5 Å². The molecule has 0 radical (unpaired) electrons. The summed E-state index contributed by atoms with van der Waals surface area (Å²) in [7, 11) is 0. The van der Waals surface area contributed by atoms with Crippen LogP contribution in [0.4, 0.5) is 0 Å². The molecule has 2 unspecified atom stereocenters. The van der Waals surface area contributed by atoms with Crippen molar-refractivity contribution in [2.75, 3.05) is 0 Å². The van der Waals surface area contributed by atoms with Gasteiger partial charge < -0.3 is 20.4 Å². The van der Waals surface area contributed by atoms with Crippen LogP contribution in [-0.4, -0.2) is 26.2 Å². The average Bonchev–Trinajstić information content (AvgIpc) is 2.90. The maximum atomic E-state index is 12.7. The van der Waals surface area contributed by atoms with Gasteiger partial charge in [0.05, 0.1) is 5.56 Å². The van der Waals surface area contributed by atoms with Crippen LogP contribution in [0.15, 0.2) is 42.5 Å². The minimum Gasteiger partial charge on any atom is -0.508 e. The van der Waals surface area contributed by atoms with Crippen LogP contribution in [0.3, 0.4) is 0 Å². The lowest BCUT2D eigenvalue weighted by Gasteiger charge is -2.20. The highest BCUT2D eigenvalue weighted by molar-refractivity contribution is 5.99. The van der Waals surface area contributed by atoms with E-state index in [0.717, 1.165) is 17.2 Å². The maximum absolute atomic E-state index is 12.7. The normalized spacial score (nSPS) is 18.8. The van der Waals surface area contributed by atoms with Crippen LogP contribution >= 0.6 is 0 Å². The van der Waals surface area contributed by atoms with E-state index < -0.39 is 0 Å². The van der Waals surface area contributed by atoms with E-state index in [9.17, 15) is 25.2 Å². The summed E-state index contributed by atoms with van der Waals surface area (Å²) in [6.07, 6.45) is 0.636. The fraction of sp³-hybridized carbons (Fsp3) is 0.250. The van der Waals surface area contributed by atoms with Crippen molar-refractivity contribution in [3.05, 3.63) is 59.2 Å². The van der Waals surface area contributed by atoms with Crippen LogP contribution in [0, 0.1) is 5.92 Å². The van der Waals surface area contributed by atoms with Gasteiger partial charge in [-0.05, 0) is 48.9 Å². The van der Waals surface area contributed by atoms with Crippen molar-refractivity contribution in [3.8, 4) is 23.0 Å². The number of carbonyl (C=O) groups excluding carboxylic acids is 1. The Kier molecular flexibility index (Phi) is 4.17. The lowest BCUT2D eigenvalue weighted by molar-refractivity contribution is 0.0966. The van der Waals surface area contributed by atoms with Crippen molar-refractivity contribution in [3.63, 3.8) is 0 Å². The van der Waals surface area contributed by atoms with E-state index in [4.69, 9.17) is 0 Å². The van der Waals surface area contributed by atoms with Gasteiger partial charge in [-0.15, -0.1) is 0 Å².